The van der Waals surface area contributed by atoms with Crippen LogP contribution in [0, 0.1) is 11.8 Å². The first-order chi connectivity index (χ1) is 8.88. The lowest BCUT2D eigenvalue weighted by molar-refractivity contribution is 0.0255. The maximum absolute atomic E-state index is 5.93. The van der Waals surface area contributed by atoms with E-state index < -0.39 is 0 Å². The molecule has 1 aliphatic rings. The van der Waals surface area contributed by atoms with Gasteiger partial charge >= 0.3 is 0 Å². The van der Waals surface area contributed by atoms with Crippen molar-refractivity contribution in [1.82, 2.24) is 0 Å². The van der Waals surface area contributed by atoms with Crippen LogP contribution in [0.3, 0.4) is 0 Å². The van der Waals surface area contributed by atoms with Crippen LogP contribution in [0.4, 0.5) is 0 Å². The lowest BCUT2D eigenvalue weighted by Gasteiger charge is -2.23. The highest BCUT2D eigenvalue weighted by Crippen LogP contribution is 2.18. The van der Waals surface area contributed by atoms with E-state index in [-0.39, 0.29) is 6.10 Å². The predicted octanol–water partition coefficient (Wildman–Crippen LogP) is 3.22. The zero-order valence-electron chi connectivity index (χ0n) is 10.3. The number of ether oxygens (including phenoxy) is 2. The summed E-state index contributed by atoms with van der Waals surface area (Å²) in [5, 5.41) is 0. The molecule has 2 rings (SSSR count). The van der Waals surface area contributed by atoms with Gasteiger partial charge in [0.2, 0.25) is 0 Å². The lowest BCUT2D eigenvalue weighted by Crippen LogP contribution is -2.25. The van der Waals surface area contributed by atoms with Crippen molar-refractivity contribution in [3.8, 4) is 17.6 Å². The van der Waals surface area contributed by atoms with Crippen molar-refractivity contribution < 1.29 is 9.47 Å². The first-order valence-corrected chi connectivity index (χ1v) is 6.81. The molecule has 0 aliphatic carbocycles. The van der Waals surface area contributed by atoms with E-state index in [0.717, 1.165) is 37.4 Å². The van der Waals surface area contributed by atoms with Crippen LogP contribution >= 0.6 is 11.6 Å². The van der Waals surface area contributed by atoms with Gasteiger partial charge in [-0.05, 0) is 18.2 Å². The second-order valence-corrected chi connectivity index (χ2v) is 4.58. The topological polar surface area (TPSA) is 18.5 Å². The fourth-order valence-corrected chi connectivity index (χ4v) is 1.94. The largest absolute Gasteiger partial charge is 0.490 e. The number of hydrogen-bond donors (Lipinski definition) is 0. The first kappa shape index (κ1) is 13.3. The van der Waals surface area contributed by atoms with E-state index in [9.17, 15) is 0 Å². The Kier molecular flexibility index (Phi) is 5.38. The fraction of sp³-hybridized carbons (Fsp3) is 0.467. The summed E-state index contributed by atoms with van der Waals surface area (Å²) in [6.07, 6.45) is 2.90. The third kappa shape index (κ3) is 4.25. The monoisotopic (exact) mass is 264 g/mol. The second-order valence-electron chi connectivity index (χ2n) is 4.20. The minimum atomic E-state index is 0.268. The molecule has 0 spiro atoms. The molecule has 0 radical (unpaired) electrons. The summed E-state index contributed by atoms with van der Waals surface area (Å²) in [5.74, 6) is 7.57. The van der Waals surface area contributed by atoms with Crippen molar-refractivity contribution in [2.75, 3.05) is 19.1 Å². The zero-order valence-corrected chi connectivity index (χ0v) is 11.1. The molecule has 1 aromatic rings. The van der Waals surface area contributed by atoms with Crippen LogP contribution in [0.25, 0.3) is 0 Å². The summed E-state index contributed by atoms with van der Waals surface area (Å²) >= 11 is 5.59. The van der Waals surface area contributed by atoms with Gasteiger partial charge in [-0.2, -0.15) is 0 Å². The van der Waals surface area contributed by atoms with Gasteiger partial charge in [0.1, 0.15) is 11.9 Å². The van der Waals surface area contributed by atoms with Crippen LogP contribution in [0.15, 0.2) is 24.3 Å². The molecule has 1 aliphatic heterocycles. The predicted molar refractivity (Wildman–Crippen MR) is 73.1 cm³/mol. The molecule has 0 amide bonds. The van der Waals surface area contributed by atoms with Gasteiger partial charge < -0.3 is 9.47 Å². The number of rotatable bonds is 3. The van der Waals surface area contributed by atoms with Crippen LogP contribution < -0.4 is 4.74 Å². The molecule has 1 aromatic carbocycles. The SMILES string of the molecule is ClCCC#Cc1cccc(OC2CCOCC2)c1. The summed E-state index contributed by atoms with van der Waals surface area (Å²) in [5.41, 5.74) is 0.977. The summed E-state index contributed by atoms with van der Waals surface area (Å²) in [6, 6.07) is 7.91. The molecule has 0 aromatic heterocycles. The van der Waals surface area contributed by atoms with Crippen molar-refractivity contribution in [1.29, 1.82) is 0 Å². The number of benzene rings is 1. The maximum Gasteiger partial charge on any atom is 0.120 e. The van der Waals surface area contributed by atoms with E-state index in [4.69, 9.17) is 21.1 Å². The highest BCUT2D eigenvalue weighted by Gasteiger charge is 2.14. The molecular weight excluding hydrogens is 248 g/mol. The Hall–Kier alpha value is -1.17. The Morgan fingerprint density at radius 3 is 2.94 bits per heavy atom. The number of halogens is 1. The van der Waals surface area contributed by atoms with Crippen LogP contribution in [0.2, 0.25) is 0 Å². The number of alkyl halides is 1. The summed E-state index contributed by atoms with van der Waals surface area (Å²) in [7, 11) is 0. The van der Waals surface area contributed by atoms with E-state index >= 15 is 0 Å². The van der Waals surface area contributed by atoms with Crippen molar-refractivity contribution in [2.45, 2.75) is 25.4 Å². The first-order valence-electron chi connectivity index (χ1n) is 6.28. The highest BCUT2D eigenvalue weighted by atomic mass is 35.5. The van der Waals surface area contributed by atoms with Gasteiger partial charge in [0.05, 0.1) is 13.2 Å². The molecule has 3 heteroatoms. The molecule has 1 saturated heterocycles. The molecule has 0 saturated carbocycles. The quantitative estimate of drug-likeness (QED) is 0.616. The van der Waals surface area contributed by atoms with Crippen molar-refractivity contribution >= 4 is 11.6 Å². The van der Waals surface area contributed by atoms with Crippen molar-refractivity contribution in [2.24, 2.45) is 0 Å². The fourth-order valence-electron chi connectivity index (χ4n) is 1.85. The molecular formula is C15H17ClO2. The minimum Gasteiger partial charge on any atom is -0.490 e. The van der Waals surface area contributed by atoms with Gasteiger partial charge in [0, 0.05) is 30.7 Å². The van der Waals surface area contributed by atoms with E-state index in [2.05, 4.69) is 11.8 Å². The Morgan fingerprint density at radius 2 is 2.17 bits per heavy atom. The van der Waals surface area contributed by atoms with Crippen molar-refractivity contribution in [3.63, 3.8) is 0 Å². The van der Waals surface area contributed by atoms with E-state index in [1.54, 1.807) is 0 Å². The molecule has 0 atom stereocenters. The van der Waals surface area contributed by atoms with Gasteiger partial charge in [-0.25, -0.2) is 0 Å². The average Bonchev–Trinajstić information content (AvgIpc) is 2.41. The Morgan fingerprint density at radius 1 is 1.33 bits per heavy atom. The molecule has 1 heterocycles. The van der Waals surface area contributed by atoms with Gasteiger partial charge in [-0.15, -0.1) is 11.6 Å². The van der Waals surface area contributed by atoms with Gasteiger partial charge in [-0.3, -0.25) is 0 Å². The Bertz CT molecular complexity index is 428. The Balaban J connectivity index is 1.96. The Labute approximate surface area is 113 Å². The number of hydrogen-bond acceptors (Lipinski definition) is 2. The van der Waals surface area contributed by atoms with Crippen LogP contribution in [0.5, 0.6) is 5.75 Å². The van der Waals surface area contributed by atoms with Gasteiger partial charge in [0.25, 0.3) is 0 Å². The summed E-state index contributed by atoms with van der Waals surface area (Å²) < 4.78 is 11.2. The molecule has 0 N–H and O–H groups in total. The van der Waals surface area contributed by atoms with Crippen molar-refractivity contribution in [3.05, 3.63) is 29.8 Å². The van der Waals surface area contributed by atoms with Crippen LogP contribution in [-0.2, 0) is 4.74 Å². The third-order valence-electron chi connectivity index (χ3n) is 2.76. The average molecular weight is 265 g/mol. The molecule has 0 unspecified atom stereocenters. The lowest BCUT2D eigenvalue weighted by atomic mass is 10.1. The molecule has 2 nitrogen and oxygen atoms in total. The highest BCUT2D eigenvalue weighted by molar-refractivity contribution is 6.18. The van der Waals surface area contributed by atoms with Gasteiger partial charge in [-0.1, -0.05) is 17.9 Å². The molecule has 1 fully saturated rings. The zero-order chi connectivity index (χ0) is 12.6. The van der Waals surface area contributed by atoms with Crippen LogP contribution in [0.1, 0.15) is 24.8 Å². The standard InChI is InChI=1S/C15H17ClO2/c16-9-2-1-4-13-5-3-6-15(12-13)18-14-7-10-17-11-8-14/h3,5-6,12,14H,2,7-11H2. The minimum absolute atomic E-state index is 0.268. The van der Waals surface area contributed by atoms with E-state index in [1.807, 2.05) is 24.3 Å². The normalized spacial score (nSPS) is 15.8. The van der Waals surface area contributed by atoms with E-state index in [1.165, 1.54) is 0 Å². The summed E-state index contributed by atoms with van der Waals surface area (Å²) in [4.78, 5) is 0. The third-order valence-corrected chi connectivity index (χ3v) is 2.95. The van der Waals surface area contributed by atoms with Crippen LogP contribution in [-0.4, -0.2) is 25.2 Å². The van der Waals surface area contributed by atoms with Gasteiger partial charge in [0.15, 0.2) is 0 Å². The second kappa shape index (κ2) is 7.31. The molecule has 18 heavy (non-hydrogen) atoms. The van der Waals surface area contributed by atoms with E-state index in [0.29, 0.717) is 12.3 Å². The summed E-state index contributed by atoms with van der Waals surface area (Å²) in [6.45, 7) is 1.58. The smallest absolute Gasteiger partial charge is 0.120 e. The maximum atomic E-state index is 5.93. The molecule has 96 valence electrons. The molecule has 0 bridgehead atoms.